The molecule has 1 unspecified atom stereocenters. The monoisotopic (exact) mass is 837 g/mol. The van der Waals surface area contributed by atoms with Gasteiger partial charge in [0, 0.05) is 75.2 Å². The normalized spacial score (nSPS) is 27.8. The number of aromatic nitrogens is 2. The number of piperazine rings is 1. The van der Waals surface area contributed by atoms with Crippen molar-refractivity contribution in [2.75, 3.05) is 55.6 Å². The predicted molar refractivity (Wildman–Crippen MR) is 216 cm³/mol. The van der Waals surface area contributed by atoms with Gasteiger partial charge in [-0.1, -0.05) is 39.3 Å². The highest BCUT2D eigenvalue weighted by Crippen LogP contribution is 2.56. The Labute approximate surface area is 351 Å². The minimum absolute atomic E-state index is 0.0113. The number of hydrogen-bond acceptors (Lipinski definition) is 12. The van der Waals surface area contributed by atoms with Crippen molar-refractivity contribution in [3.8, 4) is 11.8 Å². The molecular formula is C43H45ClFN9O6. The molecule has 60 heavy (non-hydrogen) atoms. The number of amides is 5. The van der Waals surface area contributed by atoms with Gasteiger partial charge in [0.1, 0.15) is 29.8 Å². The van der Waals surface area contributed by atoms with Crippen molar-refractivity contribution in [3.63, 3.8) is 0 Å². The number of carbonyl (C=O) groups is 5. The van der Waals surface area contributed by atoms with Crippen LogP contribution in [0.15, 0.2) is 42.5 Å². The highest BCUT2D eigenvalue weighted by atomic mass is 35.5. The summed E-state index contributed by atoms with van der Waals surface area (Å²) in [5.74, 6) is -0.549. The van der Waals surface area contributed by atoms with Crippen molar-refractivity contribution in [2.45, 2.75) is 58.7 Å². The molecule has 312 valence electrons. The molecule has 3 aromatic rings. The Morgan fingerprint density at radius 2 is 1.63 bits per heavy atom. The maximum Gasteiger partial charge on any atom is 0.272 e. The van der Waals surface area contributed by atoms with Crippen molar-refractivity contribution in [1.82, 2.24) is 30.6 Å². The number of ether oxygens (including phenoxy) is 1. The first-order valence-electron chi connectivity index (χ1n) is 20.3. The van der Waals surface area contributed by atoms with Crippen molar-refractivity contribution in [1.29, 1.82) is 5.26 Å². The molecule has 15 nitrogen and oxygen atoms in total. The number of nitriles is 1. The summed E-state index contributed by atoms with van der Waals surface area (Å²) in [5, 5.41) is 23.6. The topological polar surface area (TPSA) is 181 Å². The van der Waals surface area contributed by atoms with Crippen LogP contribution in [0.1, 0.15) is 77.3 Å². The molecule has 17 heteroatoms. The third kappa shape index (κ3) is 6.62. The molecule has 0 radical (unpaired) electrons. The number of nitrogens with zero attached hydrogens (tertiary/aromatic N) is 7. The summed E-state index contributed by atoms with van der Waals surface area (Å²) in [6.07, 6.45) is -0.182. The van der Waals surface area contributed by atoms with Crippen LogP contribution >= 0.6 is 11.6 Å². The van der Waals surface area contributed by atoms with Crippen LogP contribution < -0.4 is 25.2 Å². The number of nitrogens with one attached hydrogen (secondary N) is 2. The van der Waals surface area contributed by atoms with Crippen LogP contribution in [0.5, 0.6) is 5.75 Å². The van der Waals surface area contributed by atoms with Gasteiger partial charge in [-0.15, -0.1) is 10.2 Å². The van der Waals surface area contributed by atoms with Crippen LogP contribution in [-0.4, -0.2) is 114 Å². The highest BCUT2D eigenvalue weighted by molar-refractivity contribution is 6.31. The second-order valence-corrected chi connectivity index (χ2v) is 18.5. The smallest absolute Gasteiger partial charge is 0.272 e. The number of imide groups is 2. The molecule has 4 atom stereocenters. The molecule has 2 aromatic carbocycles. The molecule has 6 aliphatic rings. The van der Waals surface area contributed by atoms with E-state index in [4.69, 9.17) is 16.3 Å². The zero-order valence-electron chi connectivity index (χ0n) is 33.7. The first kappa shape index (κ1) is 39.8. The number of fused-ring (bicyclic) bond motifs is 2. The summed E-state index contributed by atoms with van der Waals surface area (Å²) in [4.78, 5) is 71.2. The van der Waals surface area contributed by atoms with E-state index in [-0.39, 0.29) is 53.4 Å². The number of carbonyl (C=O) groups excluding carboxylic acids is 5. The maximum absolute atomic E-state index is 15.5. The van der Waals surface area contributed by atoms with Gasteiger partial charge in [0.15, 0.2) is 11.5 Å². The van der Waals surface area contributed by atoms with E-state index in [1.807, 2.05) is 38.7 Å². The zero-order valence-corrected chi connectivity index (χ0v) is 34.5. The van der Waals surface area contributed by atoms with Crippen LogP contribution in [0.25, 0.3) is 0 Å². The first-order valence-corrected chi connectivity index (χ1v) is 20.7. The molecular weight excluding hydrogens is 793 g/mol. The lowest BCUT2D eigenvalue weighted by Gasteiger charge is -2.63. The molecule has 5 amide bonds. The predicted octanol–water partition coefficient (Wildman–Crippen LogP) is 3.66. The zero-order chi connectivity index (χ0) is 42.4. The summed E-state index contributed by atoms with van der Waals surface area (Å²) >= 11 is 6.24. The molecule has 0 spiro atoms. The summed E-state index contributed by atoms with van der Waals surface area (Å²) in [6.45, 7) is 13.4. The van der Waals surface area contributed by atoms with Crippen molar-refractivity contribution < 1.29 is 33.1 Å². The van der Waals surface area contributed by atoms with Gasteiger partial charge in [-0.05, 0) is 60.6 Å². The molecule has 5 heterocycles. The molecule has 2 N–H and O–H groups in total. The summed E-state index contributed by atoms with van der Waals surface area (Å²) in [6, 6.07) is 11.8. The van der Waals surface area contributed by atoms with E-state index < -0.39 is 46.3 Å². The lowest BCUT2D eigenvalue weighted by atomic mass is 9.49. The molecule has 4 aliphatic heterocycles. The molecule has 3 saturated heterocycles. The van der Waals surface area contributed by atoms with E-state index in [0.717, 1.165) is 49.5 Å². The van der Waals surface area contributed by atoms with Crippen molar-refractivity contribution in [2.24, 2.45) is 28.6 Å². The number of piperidine rings is 2. The SMILES string of the molecule is CC1(C)C(NC(=O)c2ccc(N3C[C@@H]4[C@H](CN5CCN(c6cc7c(cc6F)C(=O)N(C6CCC(=O)NC6=O)C7=O)CC5)[C@@H]4C3)nn2)C(C)(C)C1Oc1ccc(C#N)c(Cl)c1. The fraction of sp³-hybridized carbons (Fsp3) is 0.488. The largest absolute Gasteiger partial charge is 0.489 e. The van der Waals surface area contributed by atoms with Crippen molar-refractivity contribution >= 4 is 52.6 Å². The van der Waals surface area contributed by atoms with E-state index >= 15 is 4.39 Å². The van der Waals surface area contributed by atoms with Gasteiger partial charge in [0.25, 0.3) is 17.7 Å². The van der Waals surface area contributed by atoms with Crippen LogP contribution in [0.4, 0.5) is 15.9 Å². The Morgan fingerprint density at radius 1 is 0.950 bits per heavy atom. The summed E-state index contributed by atoms with van der Waals surface area (Å²) in [5.41, 5.74) is 0.0403. The number of rotatable bonds is 9. The van der Waals surface area contributed by atoms with Gasteiger partial charge in [-0.2, -0.15) is 5.26 Å². The Morgan fingerprint density at radius 3 is 2.25 bits per heavy atom. The maximum atomic E-state index is 15.5. The minimum atomic E-state index is -1.11. The van der Waals surface area contributed by atoms with Gasteiger partial charge in [0.05, 0.1) is 27.4 Å². The molecule has 0 bridgehead atoms. The molecule has 1 aromatic heterocycles. The number of halogens is 2. The number of hydrogen-bond donors (Lipinski definition) is 2. The second kappa shape index (κ2) is 14.5. The third-order valence-corrected chi connectivity index (χ3v) is 14.0. The standard InChI is InChI=1S/C43H45ClFN9O6/c1-42(2)40(43(3,4)41(42)60-23-6-5-22(18-46)29(44)15-23)48-36(56)31-7-9-34(50-49-31)53-20-27-26(28(27)21-53)19-51-11-13-52(14-12-51)33-17-25-24(16-30(33)45)38(58)54(39(25)59)32-8-10-35(55)47-37(32)57/h5-7,9,15-17,26-28,32,40-41H,8,10-14,19-21H2,1-4H3,(H,48,56)(H,47,55,57)/t26-,27+,28-,32?,40?,41?. The first-order chi connectivity index (χ1) is 28.6. The molecule has 2 aliphatic carbocycles. The van der Waals surface area contributed by atoms with E-state index in [2.05, 4.69) is 36.7 Å². The number of benzene rings is 2. The number of anilines is 2. The minimum Gasteiger partial charge on any atom is -0.489 e. The Hall–Kier alpha value is -5.66. The van der Waals surface area contributed by atoms with E-state index in [1.54, 1.807) is 24.3 Å². The van der Waals surface area contributed by atoms with Crippen LogP contribution in [-0.2, 0) is 9.59 Å². The Balaban J connectivity index is 0.744. The van der Waals surface area contributed by atoms with Gasteiger partial charge >= 0.3 is 0 Å². The molecule has 9 rings (SSSR count). The second-order valence-electron chi connectivity index (χ2n) is 18.1. The lowest BCUT2D eigenvalue weighted by Crippen LogP contribution is -2.74. The van der Waals surface area contributed by atoms with Gasteiger partial charge in [0.2, 0.25) is 11.8 Å². The summed E-state index contributed by atoms with van der Waals surface area (Å²) in [7, 11) is 0. The summed E-state index contributed by atoms with van der Waals surface area (Å²) < 4.78 is 21.8. The highest BCUT2D eigenvalue weighted by Gasteiger charge is 2.64. The van der Waals surface area contributed by atoms with Crippen LogP contribution in [0.3, 0.4) is 0 Å². The van der Waals surface area contributed by atoms with Gasteiger partial charge in [-0.25, -0.2) is 4.39 Å². The Bertz CT molecular complexity index is 2350. The molecule has 2 saturated carbocycles. The van der Waals surface area contributed by atoms with E-state index in [0.29, 0.717) is 47.2 Å². The van der Waals surface area contributed by atoms with Crippen LogP contribution in [0, 0.1) is 45.7 Å². The lowest BCUT2D eigenvalue weighted by molar-refractivity contribution is -0.164. The van der Waals surface area contributed by atoms with Crippen molar-refractivity contribution in [3.05, 3.63) is 75.7 Å². The Kier molecular flexibility index (Phi) is 9.62. The average Bonchev–Trinajstić information content (AvgIpc) is 3.52. The van der Waals surface area contributed by atoms with Crippen LogP contribution in [0.2, 0.25) is 5.02 Å². The van der Waals surface area contributed by atoms with Gasteiger partial charge < -0.3 is 19.9 Å². The van der Waals surface area contributed by atoms with E-state index in [9.17, 15) is 29.2 Å². The fourth-order valence-corrected chi connectivity index (χ4v) is 10.9. The molecule has 5 fully saturated rings. The quantitative estimate of drug-likeness (QED) is 0.299. The average molecular weight is 838 g/mol. The fourth-order valence-electron chi connectivity index (χ4n) is 10.7. The van der Waals surface area contributed by atoms with E-state index in [1.165, 1.54) is 6.07 Å². The third-order valence-electron chi connectivity index (χ3n) is 13.7. The van der Waals surface area contributed by atoms with Gasteiger partial charge in [-0.3, -0.25) is 39.1 Å².